The number of nitrogens with zero attached hydrogens (tertiary/aromatic N) is 4. The Morgan fingerprint density at radius 3 is 2.61 bits per heavy atom. The minimum Gasteiger partial charge on any atom is -0.493 e. The number of methoxy groups -OCH3 is 2. The van der Waals surface area contributed by atoms with Crippen LogP contribution in [0.4, 0.5) is 11.8 Å². The number of amides is 1. The van der Waals surface area contributed by atoms with Crippen molar-refractivity contribution in [1.82, 2.24) is 14.9 Å². The fraction of sp³-hybridized carbons (Fsp3) is 0.316. The van der Waals surface area contributed by atoms with Gasteiger partial charge in [0.25, 0.3) is 5.91 Å². The van der Waals surface area contributed by atoms with Gasteiger partial charge in [0.2, 0.25) is 5.95 Å². The van der Waals surface area contributed by atoms with Gasteiger partial charge in [-0.1, -0.05) is 6.58 Å². The highest BCUT2D eigenvalue weighted by Gasteiger charge is 2.25. The number of carbonyl (C=O) groups excluding carboxylic acids is 1. The molecule has 0 atom stereocenters. The number of aromatic nitrogens is 2. The van der Waals surface area contributed by atoms with Crippen LogP contribution in [0.3, 0.4) is 0 Å². The van der Waals surface area contributed by atoms with E-state index >= 15 is 0 Å². The predicted octanol–water partition coefficient (Wildman–Crippen LogP) is 1.76. The van der Waals surface area contributed by atoms with Crippen molar-refractivity contribution in [3.8, 4) is 0 Å². The van der Waals surface area contributed by atoms with Crippen LogP contribution in [0.5, 0.6) is 0 Å². The van der Waals surface area contributed by atoms with Crippen LogP contribution in [-0.2, 0) is 9.47 Å². The fourth-order valence-electron chi connectivity index (χ4n) is 2.84. The van der Waals surface area contributed by atoms with Gasteiger partial charge in [-0.25, -0.2) is 4.98 Å². The number of nitrogens with two attached hydrogens (primary N) is 1. The van der Waals surface area contributed by atoms with Gasteiger partial charge in [-0.2, -0.15) is 4.98 Å². The molecule has 1 aliphatic rings. The first-order valence-corrected chi connectivity index (χ1v) is 8.73. The molecule has 2 aromatic rings. The predicted molar refractivity (Wildman–Crippen MR) is 104 cm³/mol. The van der Waals surface area contributed by atoms with Crippen LogP contribution in [0.15, 0.2) is 47.0 Å². The van der Waals surface area contributed by atoms with E-state index in [1.165, 1.54) is 20.5 Å². The number of rotatable bonds is 6. The molecule has 1 saturated heterocycles. The summed E-state index contributed by atoms with van der Waals surface area (Å²) in [6.07, 6.45) is 3.18. The van der Waals surface area contributed by atoms with Crippen molar-refractivity contribution < 1.29 is 18.7 Å². The second-order valence-electron chi connectivity index (χ2n) is 6.11. The molecular weight excluding hydrogens is 362 g/mol. The van der Waals surface area contributed by atoms with Crippen molar-refractivity contribution >= 4 is 23.7 Å². The number of anilines is 2. The summed E-state index contributed by atoms with van der Waals surface area (Å²) in [4.78, 5) is 25.0. The van der Waals surface area contributed by atoms with Gasteiger partial charge in [-0.15, -0.1) is 0 Å². The van der Waals surface area contributed by atoms with Crippen molar-refractivity contribution in [3.63, 3.8) is 0 Å². The molecule has 2 N–H and O–H groups in total. The quantitative estimate of drug-likeness (QED) is 0.592. The van der Waals surface area contributed by atoms with Crippen LogP contribution in [0.2, 0.25) is 0 Å². The fourth-order valence-corrected chi connectivity index (χ4v) is 2.84. The highest BCUT2D eigenvalue weighted by atomic mass is 16.5. The lowest BCUT2D eigenvalue weighted by Gasteiger charge is -2.34. The normalized spacial score (nSPS) is 14.7. The zero-order valence-electron chi connectivity index (χ0n) is 15.9. The lowest BCUT2D eigenvalue weighted by atomic mass is 10.3. The van der Waals surface area contributed by atoms with Crippen molar-refractivity contribution in [3.05, 3.63) is 54.0 Å². The largest absolute Gasteiger partial charge is 0.493 e. The van der Waals surface area contributed by atoms with E-state index in [1.807, 2.05) is 4.90 Å². The highest BCUT2D eigenvalue weighted by molar-refractivity contribution is 5.91. The molecule has 9 heteroatoms. The molecule has 9 nitrogen and oxygen atoms in total. The highest BCUT2D eigenvalue weighted by Crippen LogP contribution is 2.19. The first-order valence-electron chi connectivity index (χ1n) is 8.73. The van der Waals surface area contributed by atoms with Crippen LogP contribution in [0.1, 0.15) is 16.2 Å². The van der Waals surface area contributed by atoms with Crippen LogP contribution >= 0.6 is 0 Å². The Hall–Kier alpha value is -3.49. The molecule has 3 rings (SSSR count). The molecule has 0 saturated carbocycles. The van der Waals surface area contributed by atoms with Gasteiger partial charge < -0.3 is 29.4 Å². The number of hydrogen-bond donors (Lipinski definition) is 1. The van der Waals surface area contributed by atoms with E-state index in [-0.39, 0.29) is 5.91 Å². The monoisotopic (exact) mass is 385 g/mol. The molecule has 1 aliphatic heterocycles. The van der Waals surface area contributed by atoms with E-state index in [2.05, 4.69) is 16.5 Å². The van der Waals surface area contributed by atoms with Crippen LogP contribution in [-0.4, -0.2) is 61.2 Å². The van der Waals surface area contributed by atoms with Crippen LogP contribution in [0, 0.1) is 0 Å². The smallest absolute Gasteiger partial charge is 0.289 e. The first kappa shape index (κ1) is 19.3. The molecule has 0 bridgehead atoms. The third-order valence-electron chi connectivity index (χ3n) is 4.36. The summed E-state index contributed by atoms with van der Waals surface area (Å²) in [7, 11) is 3.04. The van der Waals surface area contributed by atoms with Crippen molar-refractivity contribution in [2.24, 2.45) is 0 Å². The number of hydrogen-bond acceptors (Lipinski definition) is 8. The number of carbonyl (C=O) groups is 1. The average Bonchev–Trinajstić information content (AvgIpc) is 3.25. The summed E-state index contributed by atoms with van der Waals surface area (Å²) in [6, 6.07) is 5.00. The Balaban J connectivity index is 1.73. The second-order valence-corrected chi connectivity index (χ2v) is 6.11. The van der Waals surface area contributed by atoms with E-state index in [1.54, 1.807) is 29.2 Å². The summed E-state index contributed by atoms with van der Waals surface area (Å²) in [5, 5.41) is 0. The molecule has 1 amide bonds. The zero-order valence-corrected chi connectivity index (χ0v) is 15.9. The van der Waals surface area contributed by atoms with E-state index in [9.17, 15) is 4.79 Å². The van der Waals surface area contributed by atoms with Crippen LogP contribution < -0.4 is 10.6 Å². The Bertz CT molecular complexity index is 870. The van der Waals surface area contributed by atoms with Gasteiger partial charge in [0.1, 0.15) is 5.82 Å². The van der Waals surface area contributed by atoms with Gasteiger partial charge in [0.05, 0.1) is 26.2 Å². The minimum absolute atomic E-state index is 0.121. The molecule has 148 valence electrons. The van der Waals surface area contributed by atoms with Gasteiger partial charge in [-0.3, -0.25) is 4.79 Å². The molecule has 0 spiro atoms. The lowest BCUT2D eigenvalue weighted by Crippen LogP contribution is -2.49. The van der Waals surface area contributed by atoms with E-state index in [0.29, 0.717) is 60.9 Å². The number of furan rings is 1. The van der Waals surface area contributed by atoms with E-state index in [0.717, 1.165) is 0 Å². The number of piperazine rings is 1. The molecule has 0 radical (unpaired) electrons. The lowest BCUT2D eigenvalue weighted by molar-refractivity contribution is 0.0714. The van der Waals surface area contributed by atoms with Gasteiger partial charge >= 0.3 is 0 Å². The van der Waals surface area contributed by atoms with E-state index in [4.69, 9.17) is 19.6 Å². The minimum atomic E-state index is -0.121. The Kier molecular flexibility index (Phi) is 5.83. The molecule has 0 unspecified atom stereocenters. The van der Waals surface area contributed by atoms with Gasteiger partial charge in [0, 0.05) is 38.3 Å². The Labute approximate surface area is 163 Å². The maximum atomic E-state index is 12.4. The summed E-state index contributed by atoms with van der Waals surface area (Å²) >= 11 is 0. The van der Waals surface area contributed by atoms with Crippen molar-refractivity contribution in [1.29, 1.82) is 0 Å². The maximum absolute atomic E-state index is 12.4. The number of nitrogen functional groups attached to an aromatic ring is 1. The topological polar surface area (TPSA) is 107 Å². The molecule has 0 aromatic carbocycles. The van der Waals surface area contributed by atoms with Crippen LogP contribution in [0.25, 0.3) is 6.08 Å². The second kappa shape index (κ2) is 8.47. The Morgan fingerprint density at radius 1 is 1.25 bits per heavy atom. The van der Waals surface area contributed by atoms with Gasteiger partial charge in [0.15, 0.2) is 17.3 Å². The molecule has 3 heterocycles. The summed E-state index contributed by atoms with van der Waals surface area (Å²) in [5.41, 5.74) is 6.53. The third-order valence-corrected chi connectivity index (χ3v) is 4.36. The van der Waals surface area contributed by atoms with E-state index < -0.39 is 0 Å². The maximum Gasteiger partial charge on any atom is 0.289 e. The SMILES string of the molecule is C=C(OC)/C(=C\c1cc(N)nc(N2CCN(C(=O)c3ccco3)CC2)n1)OC. The number of ether oxygens (including phenoxy) is 2. The molecule has 28 heavy (non-hydrogen) atoms. The summed E-state index contributed by atoms with van der Waals surface area (Å²) in [6.45, 7) is 6.01. The Morgan fingerprint density at radius 2 is 2.00 bits per heavy atom. The molecule has 1 fully saturated rings. The molecular formula is C19H23N5O4. The summed E-state index contributed by atoms with van der Waals surface area (Å²) in [5.74, 6) is 1.88. The first-order chi connectivity index (χ1) is 13.5. The summed E-state index contributed by atoms with van der Waals surface area (Å²) < 4.78 is 15.6. The zero-order chi connectivity index (χ0) is 20.1. The van der Waals surface area contributed by atoms with Gasteiger partial charge in [-0.05, 0) is 12.1 Å². The van der Waals surface area contributed by atoms with Crippen molar-refractivity contribution in [2.45, 2.75) is 0 Å². The third kappa shape index (κ3) is 4.25. The average molecular weight is 385 g/mol. The molecule has 0 aliphatic carbocycles. The molecule has 2 aromatic heterocycles. The van der Waals surface area contributed by atoms with Crippen molar-refractivity contribution in [2.75, 3.05) is 51.0 Å². The standard InChI is InChI=1S/C19H23N5O4/c1-13(26-2)16(27-3)11-14-12-17(20)22-19(21-14)24-8-6-23(7-9-24)18(25)15-5-4-10-28-15/h4-5,10-12H,1,6-9H2,2-3H3,(H2,20,21,22)/b16-11+.